The van der Waals surface area contributed by atoms with E-state index in [1.54, 1.807) is 0 Å². The van der Waals surface area contributed by atoms with Gasteiger partial charge in [-0.15, -0.1) is 0 Å². The fourth-order valence-corrected chi connectivity index (χ4v) is 3.02. The maximum atomic E-state index is 3.46. The van der Waals surface area contributed by atoms with Gasteiger partial charge in [-0.05, 0) is 49.4 Å². The van der Waals surface area contributed by atoms with Gasteiger partial charge in [0.05, 0.1) is 6.04 Å². The lowest BCUT2D eigenvalue weighted by atomic mass is 9.79. The Morgan fingerprint density at radius 2 is 1.75 bits per heavy atom. The van der Waals surface area contributed by atoms with Crippen LogP contribution < -0.4 is 5.32 Å². The molecule has 1 fully saturated rings. The van der Waals surface area contributed by atoms with Crippen LogP contribution in [-0.2, 0) is 0 Å². The van der Waals surface area contributed by atoms with Crippen molar-refractivity contribution in [3.63, 3.8) is 0 Å². The molecule has 0 aromatic heterocycles. The molecule has 0 amide bonds. The monoisotopic (exact) mass is 265 g/mol. The van der Waals surface area contributed by atoms with Crippen LogP contribution in [0.25, 0.3) is 0 Å². The lowest BCUT2D eigenvalue weighted by Gasteiger charge is -2.27. The van der Waals surface area contributed by atoms with Crippen LogP contribution in [0.5, 0.6) is 0 Å². The molecule has 1 aliphatic rings. The SMILES string of the molecule is CNC(c1ccc(C)cc1)c1cccc(C2CCC2)c1. The van der Waals surface area contributed by atoms with Crippen molar-refractivity contribution in [2.45, 2.75) is 38.1 Å². The van der Waals surface area contributed by atoms with E-state index in [-0.39, 0.29) is 6.04 Å². The summed E-state index contributed by atoms with van der Waals surface area (Å²) in [5.74, 6) is 0.797. The highest BCUT2D eigenvalue weighted by Crippen LogP contribution is 2.37. The lowest BCUT2D eigenvalue weighted by molar-refractivity contribution is 0.419. The van der Waals surface area contributed by atoms with Crippen molar-refractivity contribution < 1.29 is 0 Å². The molecule has 1 aliphatic carbocycles. The van der Waals surface area contributed by atoms with Crippen molar-refractivity contribution in [3.05, 3.63) is 70.8 Å². The first-order valence-corrected chi connectivity index (χ1v) is 7.61. The third-order valence-electron chi connectivity index (χ3n) is 4.52. The highest BCUT2D eigenvalue weighted by atomic mass is 14.9. The third kappa shape index (κ3) is 2.64. The first-order chi connectivity index (χ1) is 9.78. The number of aryl methyl sites for hydroxylation is 1. The van der Waals surface area contributed by atoms with Crippen LogP contribution in [0.2, 0.25) is 0 Å². The smallest absolute Gasteiger partial charge is 0.0574 e. The lowest BCUT2D eigenvalue weighted by Crippen LogP contribution is -2.18. The molecule has 0 aliphatic heterocycles. The molecule has 1 saturated carbocycles. The summed E-state index contributed by atoms with van der Waals surface area (Å²) >= 11 is 0. The zero-order valence-electron chi connectivity index (χ0n) is 12.4. The molecule has 2 aromatic rings. The van der Waals surface area contributed by atoms with E-state index in [0.29, 0.717) is 0 Å². The Hall–Kier alpha value is -1.60. The largest absolute Gasteiger partial charge is 0.309 e. The van der Waals surface area contributed by atoms with Crippen LogP contribution in [0, 0.1) is 6.92 Å². The topological polar surface area (TPSA) is 12.0 Å². The minimum absolute atomic E-state index is 0.288. The van der Waals surface area contributed by atoms with Crippen LogP contribution >= 0.6 is 0 Å². The third-order valence-corrected chi connectivity index (χ3v) is 4.52. The number of nitrogens with one attached hydrogen (secondary N) is 1. The molecule has 1 unspecified atom stereocenters. The predicted molar refractivity (Wildman–Crippen MR) is 85.1 cm³/mol. The molecule has 0 radical (unpaired) electrons. The van der Waals surface area contributed by atoms with Gasteiger partial charge in [-0.2, -0.15) is 0 Å². The Labute approximate surface area is 122 Å². The maximum absolute atomic E-state index is 3.46. The van der Waals surface area contributed by atoms with Gasteiger partial charge >= 0.3 is 0 Å². The maximum Gasteiger partial charge on any atom is 0.0574 e. The van der Waals surface area contributed by atoms with E-state index >= 15 is 0 Å². The summed E-state index contributed by atoms with van der Waals surface area (Å²) in [4.78, 5) is 0. The molecule has 1 atom stereocenters. The number of hydrogen-bond donors (Lipinski definition) is 1. The molecule has 0 spiro atoms. The molecule has 0 bridgehead atoms. The first kappa shape index (κ1) is 13.4. The second-order valence-electron chi connectivity index (χ2n) is 5.93. The quantitative estimate of drug-likeness (QED) is 0.853. The van der Waals surface area contributed by atoms with E-state index in [1.165, 1.54) is 41.5 Å². The highest BCUT2D eigenvalue weighted by molar-refractivity contribution is 5.36. The average molecular weight is 265 g/mol. The molecular weight excluding hydrogens is 242 g/mol. The predicted octanol–water partition coefficient (Wildman–Crippen LogP) is 4.57. The van der Waals surface area contributed by atoms with Gasteiger partial charge < -0.3 is 5.32 Å². The summed E-state index contributed by atoms with van der Waals surface area (Å²) < 4.78 is 0. The van der Waals surface area contributed by atoms with E-state index in [1.807, 2.05) is 7.05 Å². The van der Waals surface area contributed by atoms with Gasteiger partial charge in [0.25, 0.3) is 0 Å². The van der Waals surface area contributed by atoms with E-state index in [0.717, 1.165) is 5.92 Å². The average Bonchev–Trinajstić information content (AvgIpc) is 2.40. The second kappa shape index (κ2) is 5.80. The van der Waals surface area contributed by atoms with E-state index in [4.69, 9.17) is 0 Å². The van der Waals surface area contributed by atoms with Crippen molar-refractivity contribution in [1.82, 2.24) is 5.32 Å². The molecule has 0 heterocycles. The van der Waals surface area contributed by atoms with Gasteiger partial charge in [-0.25, -0.2) is 0 Å². The molecule has 20 heavy (non-hydrogen) atoms. The molecular formula is C19H23N. The van der Waals surface area contributed by atoms with E-state index < -0.39 is 0 Å². The van der Waals surface area contributed by atoms with Gasteiger partial charge in [0.1, 0.15) is 0 Å². The summed E-state index contributed by atoms with van der Waals surface area (Å²) in [6.45, 7) is 2.13. The van der Waals surface area contributed by atoms with Gasteiger partial charge in [0.15, 0.2) is 0 Å². The van der Waals surface area contributed by atoms with Crippen LogP contribution in [0.1, 0.15) is 53.5 Å². The van der Waals surface area contributed by atoms with Crippen LogP contribution in [0.4, 0.5) is 0 Å². The van der Waals surface area contributed by atoms with Crippen molar-refractivity contribution >= 4 is 0 Å². The Bertz CT molecular complexity index is 567. The summed E-state index contributed by atoms with van der Waals surface area (Å²) in [6.07, 6.45) is 4.11. The standard InChI is InChI=1S/C19H23N/c1-14-9-11-16(12-10-14)19(20-2)18-8-4-7-17(13-18)15-5-3-6-15/h4,7-13,15,19-20H,3,5-6H2,1-2H3. The molecule has 104 valence electrons. The minimum atomic E-state index is 0.288. The first-order valence-electron chi connectivity index (χ1n) is 7.61. The van der Waals surface area contributed by atoms with Crippen molar-refractivity contribution in [1.29, 1.82) is 0 Å². The van der Waals surface area contributed by atoms with Crippen molar-refractivity contribution in [2.24, 2.45) is 0 Å². The van der Waals surface area contributed by atoms with Gasteiger partial charge in [-0.3, -0.25) is 0 Å². The number of hydrogen-bond acceptors (Lipinski definition) is 1. The minimum Gasteiger partial charge on any atom is -0.309 e. The van der Waals surface area contributed by atoms with E-state index in [2.05, 4.69) is 60.8 Å². The fraction of sp³-hybridized carbons (Fsp3) is 0.368. The molecule has 1 N–H and O–H groups in total. The van der Waals surface area contributed by atoms with Crippen molar-refractivity contribution in [3.8, 4) is 0 Å². The molecule has 1 heteroatoms. The second-order valence-corrected chi connectivity index (χ2v) is 5.93. The van der Waals surface area contributed by atoms with Gasteiger partial charge in [-0.1, -0.05) is 60.5 Å². The Kier molecular flexibility index (Phi) is 3.88. The summed E-state index contributed by atoms with van der Waals surface area (Å²) in [6, 6.07) is 18.3. The molecule has 2 aromatic carbocycles. The Balaban J connectivity index is 1.90. The Morgan fingerprint density at radius 1 is 1.00 bits per heavy atom. The molecule has 0 saturated heterocycles. The Morgan fingerprint density at radius 3 is 2.35 bits per heavy atom. The summed E-state index contributed by atoms with van der Waals surface area (Å²) in [5, 5.41) is 3.46. The summed E-state index contributed by atoms with van der Waals surface area (Å²) in [5.41, 5.74) is 5.54. The number of rotatable bonds is 4. The fourth-order valence-electron chi connectivity index (χ4n) is 3.02. The zero-order valence-corrected chi connectivity index (χ0v) is 12.4. The normalized spacial score (nSPS) is 16.7. The van der Waals surface area contributed by atoms with Crippen LogP contribution in [0.3, 0.4) is 0 Å². The van der Waals surface area contributed by atoms with Gasteiger partial charge in [0, 0.05) is 0 Å². The van der Waals surface area contributed by atoms with Crippen LogP contribution in [0.15, 0.2) is 48.5 Å². The number of benzene rings is 2. The van der Waals surface area contributed by atoms with E-state index in [9.17, 15) is 0 Å². The molecule has 3 rings (SSSR count). The van der Waals surface area contributed by atoms with Crippen LogP contribution in [-0.4, -0.2) is 7.05 Å². The van der Waals surface area contributed by atoms with Crippen molar-refractivity contribution in [2.75, 3.05) is 7.05 Å². The zero-order chi connectivity index (χ0) is 13.9. The molecule has 1 nitrogen and oxygen atoms in total. The van der Waals surface area contributed by atoms with Gasteiger partial charge in [0.2, 0.25) is 0 Å². The highest BCUT2D eigenvalue weighted by Gasteiger charge is 2.20. The summed E-state index contributed by atoms with van der Waals surface area (Å²) in [7, 11) is 2.04.